The highest BCUT2D eigenvalue weighted by Gasteiger charge is 2.14. The van der Waals surface area contributed by atoms with Crippen LogP contribution in [0.25, 0.3) is 0 Å². The normalized spacial score (nSPS) is 11.6. The van der Waals surface area contributed by atoms with Gasteiger partial charge in [-0.25, -0.2) is 4.39 Å². The predicted octanol–water partition coefficient (Wildman–Crippen LogP) is 0.908. The number of aromatic hydroxyl groups is 1. The van der Waals surface area contributed by atoms with Crippen LogP contribution in [-0.2, 0) is 11.2 Å². The van der Waals surface area contributed by atoms with Crippen LogP contribution in [0, 0.1) is 5.82 Å². The minimum Gasteiger partial charge on any atom is -0.508 e. The Balaban J connectivity index is 0.00000196. The highest BCUT2D eigenvalue weighted by molar-refractivity contribution is 5.85. The van der Waals surface area contributed by atoms with E-state index in [4.69, 9.17) is 10.8 Å². The molecule has 0 unspecified atom stereocenters. The molecule has 6 heteroatoms. The SMILES string of the molecule is Cl.N[C@@H](Cc1cc(F)ccc1O)C(=O)O. The lowest BCUT2D eigenvalue weighted by Gasteiger charge is -2.07. The van der Waals surface area contributed by atoms with Crippen LogP contribution in [0.2, 0.25) is 0 Å². The number of rotatable bonds is 3. The largest absolute Gasteiger partial charge is 0.508 e. The number of nitrogens with two attached hydrogens (primary N) is 1. The number of hydrogen-bond acceptors (Lipinski definition) is 3. The van der Waals surface area contributed by atoms with Crippen molar-refractivity contribution in [2.45, 2.75) is 12.5 Å². The molecule has 0 radical (unpaired) electrons. The van der Waals surface area contributed by atoms with Crippen LogP contribution in [-0.4, -0.2) is 22.2 Å². The van der Waals surface area contributed by atoms with Crippen molar-refractivity contribution in [3.63, 3.8) is 0 Å². The topological polar surface area (TPSA) is 83.5 Å². The van der Waals surface area contributed by atoms with Gasteiger partial charge in [-0.3, -0.25) is 4.79 Å². The Kier molecular flexibility index (Phi) is 5.04. The fourth-order valence-corrected chi connectivity index (χ4v) is 1.04. The summed E-state index contributed by atoms with van der Waals surface area (Å²) in [5.41, 5.74) is 5.43. The van der Waals surface area contributed by atoms with Crippen LogP contribution in [0.3, 0.4) is 0 Å². The molecule has 4 nitrogen and oxygen atoms in total. The van der Waals surface area contributed by atoms with Crippen molar-refractivity contribution in [1.82, 2.24) is 0 Å². The van der Waals surface area contributed by atoms with E-state index in [0.717, 1.165) is 12.1 Å². The Morgan fingerprint density at radius 2 is 2.13 bits per heavy atom. The van der Waals surface area contributed by atoms with E-state index in [1.807, 2.05) is 0 Å². The van der Waals surface area contributed by atoms with E-state index in [-0.39, 0.29) is 30.1 Å². The van der Waals surface area contributed by atoms with Gasteiger partial charge in [-0.1, -0.05) is 0 Å². The van der Waals surface area contributed by atoms with Crippen molar-refractivity contribution in [1.29, 1.82) is 0 Å². The van der Waals surface area contributed by atoms with Crippen molar-refractivity contribution in [2.24, 2.45) is 5.73 Å². The van der Waals surface area contributed by atoms with Crippen LogP contribution in [0.5, 0.6) is 5.75 Å². The summed E-state index contributed by atoms with van der Waals surface area (Å²) in [7, 11) is 0. The van der Waals surface area contributed by atoms with Gasteiger partial charge >= 0.3 is 5.97 Å². The van der Waals surface area contributed by atoms with E-state index in [2.05, 4.69) is 0 Å². The number of carboxylic acids is 1. The zero-order chi connectivity index (χ0) is 10.7. The van der Waals surface area contributed by atoms with Crippen molar-refractivity contribution in [3.8, 4) is 5.75 Å². The quantitative estimate of drug-likeness (QED) is 0.727. The van der Waals surface area contributed by atoms with E-state index >= 15 is 0 Å². The molecule has 4 N–H and O–H groups in total. The summed E-state index contributed by atoms with van der Waals surface area (Å²) in [5.74, 6) is -1.87. The van der Waals surface area contributed by atoms with Gasteiger partial charge in [0.25, 0.3) is 0 Å². The molecule has 1 atom stereocenters. The number of phenolic OH excluding ortho intramolecular Hbond substituents is 1. The van der Waals surface area contributed by atoms with Gasteiger partial charge < -0.3 is 15.9 Å². The molecule has 0 spiro atoms. The van der Waals surface area contributed by atoms with Gasteiger partial charge in [0.2, 0.25) is 0 Å². The second kappa shape index (κ2) is 5.53. The van der Waals surface area contributed by atoms with Gasteiger partial charge in [-0.2, -0.15) is 0 Å². The first-order valence-electron chi connectivity index (χ1n) is 3.96. The molecule has 0 saturated heterocycles. The van der Waals surface area contributed by atoms with E-state index in [0.29, 0.717) is 0 Å². The highest BCUT2D eigenvalue weighted by Crippen LogP contribution is 2.18. The third-order valence-electron chi connectivity index (χ3n) is 1.80. The number of carbonyl (C=O) groups is 1. The van der Waals surface area contributed by atoms with E-state index in [9.17, 15) is 14.3 Å². The summed E-state index contributed by atoms with van der Waals surface area (Å²) >= 11 is 0. The van der Waals surface area contributed by atoms with Gasteiger partial charge in [-0.05, 0) is 23.8 Å². The molecular formula is C9H11ClFNO3. The van der Waals surface area contributed by atoms with Crippen LogP contribution in [0.15, 0.2) is 18.2 Å². The molecule has 0 aliphatic carbocycles. The summed E-state index contributed by atoms with van der Waals surface area (Å²) in [6.07, 6.45) is -0.0983. The van der Waals surface area contributed by atoms with Crippen LogP contribution >= 0.6 is 12.4 Å². The van der Waals surface area contributed by atoms with Crippen molar-refractivity contribution >= 4 is 18.4 Å². The number of aliphatic carboxylic acids is 1. The maximum atomic E-state index is 12.7. The smallest absolute Gasteiger partial charge is 0.320 e. The minimum atomic E-state index is -1.19. The Morgan fingerprint density at radius 1 is 1.53 bits per heavy atom. The third-order valence-corrected chi connectivity index (χ3v) is 1.80. The van der Waals surface area contributed by atoms with Crippen molar-refractivity contribution in [3.05, 3.63) is 29.6 Å². The Labute approximate surface area is 91.9 Å². The van der Waals surface area contributed by atoms with Crippen LogP contribution in [0.4, 0.5) is 4.39 Å². The molecule has 0 aliphatic heterocycles. The first-order chi connectivity index (χ1) is 6.50. The summed E-state index contributed by atoms with van der Waals surface area (Å²) in [4.78, 5) is 10.4. The molecule has 1 aromatic carbocycles. The predicted molar refractivity (Wildman–Crippen MR) is 54.6 cm³/mol. The molecule has 0 fully saturated rings. The third kappa shape index (κ3) is 3.73. The second-order valence-electron chi connectivity index (χ2n) is 2.92. The Hall–Kier alpha value is -1.33. The summed E-state index contributed by atoms with van der Waals surface area (Å²) in [6, 6.07) is 2.19. The first kappa shape index (κ1) is 13.7. The summed E-state index contributed by atoms with van der Waals surface area (Å²) in [6.45, 7) is 0. The molecule has 0 aromatic heterocycles. The average Bonchev–Trinajstić information content (AvgIpc) is 2.11. The summed E-state index contributed by atoms with van der Waals surface area (Å²) < 4.78 is 12.7. The zero-order valence-electron chi connectivity index (χ0n) is 7.68. The monoisotopic (exact) mass is 235 g/mol. The number of phenols is 1. The molecule has 0 heterocycles. The second-order valence-corrected chi connectivity index (χ2v) is 2.92. The fourth-order valence-electron chi connectivity index (χ4n) is 1.04. The highest BCUT2D eigenvalue weighted by atomic mass is 35.5. The van der Waals surface area contributed by atoms with Gasteiger partial charge in [0, 0.05) is 6.42 Å². The lowest BCUT2D eigenvalue weighted by molar-refractivity contribution is -0.138. The Bertz CT molecular complexity index is 359. The molecule has 0 aliphatic rings. The van der Waals surface area contributed by atoms with Gasteiger partial charge in [0.1, 0.15) is 17.6 Å². The number of benzene rings is 1. The van der Waals surface area contributed by atoms with Crippen molar-refractivity contribution in [2.75, 3.05) is 0 Å². The molecule has 0 bridgehead atoms. The fraction of sp³-hybridized carbons (Fsp3) is 0.222. The molecule has 15 heavy (non-hydrogen) atoms. The number of halogens is 2. The standard InChI is InChI=1S/C9H10FNO3.ClH/c10-6-1-2-8(12)5(3-6)4-7(11)9(13)14;/h1-3,7,12H,4,11H2,(H,13,14);1H/t7-;/m0./s1. The average molecular weight is 236 g/mol. The summed E-state index contributed by atoms with van der Waals surface area (Å²) in [5, 5.41) is 17.8. The van der Waals surface area contributed by atoms with E-state index in [1.165, 1.54) is 6.07 Å². The first-order valence-corrected chi connectivity index (χ1v) is 3.96. The molecule has 84 valence electrons. The van der Waals surface area contributed by atoms with Gasteiger partial charge in [0.15, 0.2) is 0 Å². The molecule has 0 amide bonds. The van der Waals surface area contributed by atoms with Crippen molar-refractivity contribution < 1.29 is 19.4 Å². The van der Waals surface area contributed by atoms with Crippen LogP contribution < -0.4 is 5.73 Å². The molecular weight excluding hydrogens is 225 g/mol. The molecule has 1 aromatic rings. The maximum Gasteiger partial charge on any atom is 0.320 e. The van der Waals surface area contributed by atoms with E-state index < -0.39 is 17.8 Å². The lowest BCUT2D eigenvalue weighted by Crippen LogP contribution is -2.32. The number of carboxylic acid groups (broad SMARTS) is 1. The number of hydrogen-bond donors (Lipinski definition) is 3. The van der Waals surface area contributed by atoms with Crippen LogP contribution in [0.1, 0.15) is 5.56 Å². The zero-order valence-corrected chi connectivity index (χ0v) is 8.50. The van der Waals surface area contributed by atoms with Gasteiger partial charge in [0.05, 0.1) is 0 Å². The van der Waals surface area contributed by atoms with Gasteiger partial charge in [-0.15, -0.1) is 12.4 Å². The molecule has 0 saturated carbocycles. The van der Waals surface area contributed by atoms with E-state index in [1.54, 1.807) is 0 Å². The lowest BCUT2D eigenvalue weighted by atomic mass is 10.1. The Morgan fingerprint density at radius 3 is 2.67 bits per heavy atom. The molecule has 1 rings (SSSR count). The maximum absolute atomic E-state index is 12.7. The minimum absolute atomic E-state index is 0.